The first kappa shape index (κ1) is 17.6. The van der Waals surface area contributed by atoms with Crippen molar-refractivity contribution in [3.8, 4) is 17.6 Å². The van der Waals surface area contributed by atoms with Crippen molar-refractivity contribution in [2.24, 2.45) is 5.92 Å². The molecule has 0 aliphatic heterocycles. The summed E-state index contributed by atoms with van der Waals surface area (Å²) in [5.41, 5.74) is -0.669. The van der Waals surface area contributed by atoms with E-state index in [1.54, 1.807) is 13.0 Å². The fourth-order valence-electron chi connectivity index (χ4n) is 2.39. The first-order valence-corrected chi connectivity index (χ1v) is 7.55. The van der Waals surface area contributed by atoms with Crippen LogP contribution in [0.5, 0.6) is 11.5 Å². The smallest absolute Gasteiger partial charge is 0.338 e. The highest BCUT2D eigenvalue weighted by Crippen LogP contribution is 2.39. The number of ether oxygens (including phenoxy) is 3. The van der Waals surface area contributed by atoms with E-state index in [0.29, 0.717) is 11.5 Å². The number of carbonyl (C=O) groups excluding carboxylic acids is 2. The van der Waals surface area contributed by atoms with E-state index in [0.717, 1.165) is 12.8 Å². The molecule has 0 aromatic heterocycles. The molecule has 0 bridgehead atoms. The van der Waals surface area contributed by atoms with Gasteiger partial charge >= 0.3 is 5.97 Å². The largest absolute Gasteiger partial charge is 0.493 e. The van der Waals surface area contributed by atoms with Gasteiger partial charge in [0.25, 0.3) is 5.91 Å². The van der Waals surface area contributed by atoms with Crippen LogP contribution in [-0.4, -0.2) is 38.2 Å². The molecule has 1 aromatic rings. The van der Waals surface area contributed by atoms with Gasteiger partial charge in [-0.1, -0.05) is 0 Å². The van der Waals surface area contributed by atoms with Gasteiger partial charge in [-0.2, -0.15) is 5.26 Å². The second-order valence-corrected chi connectivity index (χ2v) is 5.78. The number of benzene rings is 1. The summed E-state index contributed by atoms with van der Waals surface area (Å²) in [7, 11) is 2.95. The van der Waals surface area contributed by atoms with Crippen LogP contribution >= 0.6 is 0 Å². The van der Waals surface area contributed by atoms with Crippen LogP contribution in [0.4, 0.5) is 0 Å². The zero-order valence-electron chi connectivity index (χ0n) is 13.9. The lowest BCUT2D eigenvalue weighted by Gasteiger charge is -2.22. The third kappa shape index (κ3) is 3.96. The van der Waals surface area contributed by atoms with Crippen molar-refractivity contribution in [2.75, 3.05) is 20.8 Å². The minimum atomic E-state index is -0.910. The van der Waals surface area contributed by atoms with Crippen molar-refractivity contribution in [3.05, 3.63) is 23.8 Å². The molecule has 1 atom stereocenters. The predicted octanol–water partition coefficient (Wildman–Crippen LogP) is 1.67. The second-order valence-electron chi connectivity index (χ2n) is 5.78. The van der Waals surface area contributed by atoms with E-state index in [2.05, 4.69) is 11.4 Å². The number of nitrogens with zero attached hydrogens (tertiary/aromatic N) is 1. The Morgan fingerprint density at radius 1 is 1.29 bits per heavy atom. The number of amides is 1. The van der Waals surface area contributed by atoms with Gasteiger partial charge in [-0.15, -0.1) is 0 Å². The van der Waals surface area contributed by atoms with E-state index in [4.69, 9.17) is 14.2 Å². The average molecular weight is 332 g/mol. The summed E-state index contributed by atoms with van der Waals surface area (Å²) < 4.78 is 15.2. The van der Waals surface area contributed by atoms with Crippen LogP contribution in [0.3, 0.4) is 0 Å². The molecular formula is C17H20N2O5. The molecule has 1 saturated carbocycles. The van der Waals surface area contributed by atoms with E-state index < -0.39 is 24.0 Å². The molecular weight excluding hydrogens is 312 g/mol. The van der Waals surface area contributed by atoms with Crippen molar-refractivity contribution >= 4 is 11.9 Å². The van der Waals surface area contributed by atoms with Crippen LogP contribution in [0.25, 0.3) is 0 Å². The Morgan fingerprint density at radius 3 is 2.50 bits per heavy atom. The molecule has 1 aliphatic rings. The van der Waals surface area contributed by atoms with E-state index >= 15 is 0 Å². The topological polar surface area (TPSA) is 97.6 Å². The number of rotatable bonds is 7. The highest BCUT2D eigenvalue weighted by atomic mass is 16.5. The standard InChI is InChI=1S/C17H20N2O5/c1-17(10-18,12-5-6-12)19-15(20)9-24-16(21)11-4-7-13(22-2)14(8-11)23-3/h4,7-8,12H,5-6,9H2,1-3H3,(H,19,20)/t17-/m1/s1. The van der Waals surface area contributed by atoms with Gasteiger partial charge in [0.05, 0.1) is 25.9 Å². The second kappa shape index (κ2) is 7.21. The fraction of sp³-hybridized carbons (Fsp3) is 0.471. The summed E-state index contributed by atoms with van der Waals surface area (Å²) in [6.07, 6.45) is 1.82. The van der Waals surface area contributed by atoms with Gasteiger partial charge in [0, 0.05) is 0 Å². The first-order chi connectivity index (χ1) is 11.4. The van der Waals surface area contributed by atoms with Gasteiger partial charge in [-0.05, 0) is 43.9 Å². The third-order valence-electron chi connectivity index (χ3n) is 3.98. The maximum atomic E-state index is 12.0. The SMILES string of the molecule is COc1ccc(C(=O)OCC(=O)N[C@](C)(C#N)C2CC2)cc1OC. The molecule has 7 nitrogen and oxygen atoms in total. The van der Waals surface area contributed by atoms with Gasteiger partial charge in [-0.3, -0.25) is 4.79 Å². The number of esters is 1. The third-order valence-corrected chi connectivity index (χ3v) is 3.98. The lowest BCUT2D eigenvalue weighted by atomic mass is 9.98. The molecule has 0 saturated heterocycles. The maximum absolute atomic E-state index is 12.0. The van der Waals surface area contributed by atoms with E-state index in [-0.39, 0.29) is 11.5 Å². The van der Waals surface area contributed by atoms with E-state index in [1.807, 2.05) is 0 Å². The van der Waals surface area contributed by atoms with Crippen LogP contribution in [0.2, 0.25) is 0 Å². The van der Waals surface area contributed by atoms with Crippen LogP contribution < -0.4 is 14.8 Å². The molecule has 2 rings (SSSR count). The summed E-state index contributed by atoms with van der Waals surface area (Å²) in [5, 5.41) is 11.8. The lowest BCUT2D eigenvalue weighted by Crippen LogP contribution is -2.48. The normalized spacial score (nSPS) is 15.6. The van der Waals surface area contributed by atoms with Crippen molar-refractivity contribution < 1.29 is 23.8 Å². The van der Waals surface area contributed by atoms with E-state index in [1.165, 1.54) is 26.4 Å². The summed E-state index contributed by atoms with van der Waals surface area (Å²) in [6, 6.07) is 6.69. The Bertz CT molecular complexity index is 678. The zero-order valence-corrected chi connectivity index (χ0v) is 13.9. The molecule has 7 heteroatoms. The minimum absolute atomic E-state index is 0.160. The molecule has 0 spiro atoms. The van der Waals surface area contributed by atoms with Gasteiger partial charge in [-0.25, -0.2) is 4.79 Å². The maximum Gasteiger partial charge on any atom is 0.338 e. The van der Waals surface area contributed by atoms with Crippen LogP contribution in [-0.2, 0) is 9.53 Å². The summed E-state index contributed by atoms with van der Waals surface area (Å²) >= 11 is 0. The summed E-state index contributed by atoms with van der Waals surface area (Å²) in [4.78, 5) is 24.0. The van der Waals surface area contributed by atoms with Crippen molar-refractivity contribution in [2.45, 2.75) is 25.3 Å². The molecule has 1 fully saturated rings. The highest BCUT2D eigenvalue weighted by molar-refractivity contribution is 5.92. The molecule has 1 N–H and O–H groups in total. The van der Waals surface area contributed by atoms with Gasteiger partial charge in [0.1, 0.15) is 5.54 Å². The predicted molar refractivity (Wildman–Crippen MR) is 84.7 cm³/mol. The quantitative estimate of drug-likeness (QED) is 0.763. The Morgan fingerprint density at radius 2 is 1.96 bits per heavy atom. The monoisotopic (exact) mass is 332 g/mol. The minimum Gasteiger partial charge on any atom is -0.493 e. The average Bonchev–Trinajstić information content (AvgIpc) is 3.44. The number of nitrogens with one attached hydrogen (secondary N) is 1. The summed E-state index contributed by atoms with van der Waals surface area (Å²) in [5.74, 6) is -0.118. The molecule has 128 valence electrons. The van der Waals surface area contributed by atoms with Gasteiger partial charge in [0.2, 0.25) is 0 Å². The first-order valence-electron chi connectivity index (χ1n) is 7.55. The Hall–Kier alpha value is -2.75. The number of methoxy groups -OCH3 is 2. The molecule has 1 amide bonds. The molecule has 0 radical (unpaired) electrons. The molecule has 0 heterocycles. The summed E-state index contributed by atoms with van der Waals surface area (Å²) in [6.45, 7) is 1.23. The van der Waals surface area contributed by atoms with E-state index in [9.17, 15) is 14.9 Å². The number of nitriles is 1. The number of carbonyl (C=O) groups is 2. The van der Waals surface area contributed by atoms with Crippen LogP contribution in [0.15, 0.2) is 18.2 Å². The Balaban J connectivity index is 1.93. The van der Waals surface area contributed by atoms with Crippen molar-refractivity contribution in [1.82, 2.24) is 5.32 Å². The van der Waals surface area contributed by atoms with Crippen LogP contribution in [0.1, 0.15) is 30.1 Å². The van der Waals surface area contributed by atoms with Crippen molar-refractivity contribution in [3.63, 3.8) is 0 Å². The highest BCUT2D eigenvalue weighted by Gasteiger charge is 2.43. The number of hydrogen-bond donors (Lipinski definition) is 1. The van der Waals surface area contributed by atoms with Crippen molar-refractivity contribution in [1.29, 1.82) is 5.26 Å². The zero-order chi connectivity index (χ0) is 17.7. The van der Waals surface area contributed by atoms with Gasteiger partial charge < -0.3 is 19.5 Å². The molecule has 24 heavy (non-hydrogen) atoms. The molecule has 0 unspecified atom stereocenters. The van der Waals surface area contributed by atoms with Gasteiger partial charge in [0.15, 0.2) is 18.1 Å². The van der Waals surface area contributed by atoms with Crippen LogP contribution in [0, 0.1) is 17.2 Å². The fourth-order valence-corrected chi connectivity index (χ4v) is 2.39. The Kier molecular flexibility index (Phi) is 5.29. The lowest BCUT2D eigenvalue weighted by molar-refractivity contribution is -0.125. The number of hydrogen-bond acceptors (Lipinski definition) is 6. The molecule has 1 aromatic carbocycles. The Labute approximate surface area is 140 Å². The molecule has 1 aliphatic carbocycles.